The number of aliphatic hydroxyl groups is 1. The van der Waals surface area contributed by atoms with Gasteiger partial charge in [-0.1, -0.05) is 12.1 Å². The third-order valence-corrected chi connectivity index (χ3v) is 2.23. The van der Waals surface area contributed by atoms with E-state index >= 15 is 0 Å². The summed E-state index contributed by atoms with van der Waals surface area (Å²) in [6.07, 6.45) is -5.31. The minimum atomic E-state index is -5.31. The first kappa shape index (κ1) is 13.3. The molecule has 0 aliphatic rings. The molecule has 0 radical (unpaired) electrons. The fraction of sp³-hybridized carbons (Fsp3) is 0.300. The van der Waals surface area contributed by atoms with E-state index in [0.717, 1.165) is 24.3 Å². The molecule has 17 heavy (non-hydrogen) atoms. The van der Waals surface area contributed by atoms with Gasteiger partial charge in [-0.15, -0.1) is 0 Å². The lowest BCUT2D eigenvalue weighted by molar-refractivity contribution is -0.265. The van der Waals surface area contributed by atoms with E-state index in [9.17, 15) is 23.1 Å². The first-order valence-corrected chi connectivity index (χ1v) is 4.40. The van der Waals surface area contributed by atoms with Gasteiger partial charge in [0, 0.05) is 5.56 Å². The third kappa shape index (κ3) is 2.19. The molecule has 0 aliphatic carbocycles. The molecule has 0 saturated heterocycles. The van der Waals surface area contributed by atoms with Gasteiger partial charge >= 0.3 is 12.1 Å². The summed E-state index contributed by atoms with van der Waals surface area (Å²) in [5, 5.41) is 17.8. The normalized spacial score (nSPS) is 15.1. The second-order valence-corrected chi connectivity index (χ2v) is 3.24. The van der Waals surface area contributed by atoms with Crippen LogP contribution in [0.25, 0.3) is 0 Å². The van der Waals surface area contributed by atoms with Gasteiger partial charge in [0.2, 0.25) is 0 Å². The third-order valence-electron chi connectivity index (χ3n) is 2.23. The lowest BCUT2D eigenvalue weighted by atomic mass is 9.93. The summed E-state index contributed by atoms with van der Waals surface area (Å²) in [6, 6.07) is 3.96. The van der Waals surface area contributed by atoms with E-state index in [1.54, 1.807) is 0 Å². The van der Waals surface area contributed by atoms with Crippen LogP contribution in [0, 0.1) is 0 Å². The van der Waals surface area contributed by atoms with Crippen LogP contribution in [-0.2, 0) is 10.4 Å². The minimum absolute atomic E-state index is 0.253. The number of hydrogen-bond donors (Lipinski definition) is 2. The SMILES string of the molecule is COc1ccc([C@@](O)(C(=O)O)C(F)(F)F)cc1. The maximum atomic E-state index is 12.6. The van der Waals surface area contributed by atoms with Crippen molar-refractivity contribution in [2.75, 3.05) is 7.11 Å². The summed E-state index contributed by atoms with van der Waals surface area (Å²) < 4.78 is 42.4. The van der Waals surface area contributed by atoms with Crippen molar-refractivity contribution < 1.29 is 32.9 Å². The van der Waals surface area contributed by atoms with Gasteiger partial charge in [0.05, 0.1) is 7.11 Å². The molecule has 0 amide bonds. The quantitative estimate of drug-likeness (QED) is 0.853. The Bertz CT molecular complexity index is 413. The fourth-order valence-corrected chi connectivity index (χ4v) is 1.24. The highest BCUT2D eigenvalue weighted by Gasteiger charge is 2.61. The molecule has 0 spiro atoms. The van der Waals surface area contributed by atoms with Crippen LogP contribution >= 0.6 is 0 Å². The molecule has 0 heterocycles. The van der Waals surface area contributed by atoms with E-state index in [1.165, 1.54) is 7.11 Å². The van der Waals surface area contributed by atoms with Gasteiger partial charge in [0.15, 0.2) is 0 Å². The Labute approximate surface area is 94.3 Å². The maximum Gasteiger partial charge on any atom is 0.432 e. The summed E-state index contributed by atoms with van der Waals surface area (Å²) in [7, 11) is 1.31. The highest BCUT2D eigenvalue weighted by molar-refractivity contribution is 5.80. The topological polar surface area (TPSA) is 66.8 Å². The highest BCUT2D eigenvalue weighted by Crippen LogP contribution is 2.39. The number of carboxylic acid groups (broad SMARTS) is 1. The fourth-order valence-electron chi connectivity index (χ4n) is 1.24. The smallest absolute Gasteiger partial charge is 0.432 e. The zero-order valence-electron chi connectivity index (χ0n) is 8.65. The molecule has 1 aromatic carbocycles. The van der Waals surface area contributed by atoms with Crippen molar-refractivity contribution in [3.05, 3.63) is 29.8 Å². The predicted molar refractivity (Wildman–Crippen MR) is 50.6 cm³/mol. The molecular weight excluding hydrogens is 241 g/mol. The maximum absolute atomic E-state index is 12.6. The Morgan fingerprint density at radius 2 is 1.71 bits per heavy atom. The molecule has 1 rings (SSSR count). The number of halogens is 3. The minimum Gasteiger partial charge on any atom is -0.497 e. The Morgan fingerprint density at radius 3 is 2.00 bits per heavy atom. The number of ether oxygens (including phenoxy) is 1. The van der Waals surface area contributed by atoms with Crippen molar-refractivity contribution in [3.8, 4) is 5.75 Å². The van der Waals surface area contributed by atoms with Crippen LogP contribution in [0.5, 0.6) is 5.75 Å². The lowest BCUT2D eigenvalue weighted by Crippen LogP contribution is -2.49. The summed E-state index contributed by atoms with van der Waals surface area (Å²) in [4.78, 5) is 10.6. The van der Waals surface area contributed by atoms with Crippen molar-refractivity contribution in [3.63, 3.8) is 0 Å². The van der Waals surface area contributed by atoms with Crippen molar-refractivity contribution in [2.24, 2.45) is 0 Å². The summed E-state index contributed by atoms with van der Waals surface area (Å²) >= 11 is 0. The molecule has 4 nitrogen and oxygen atoms in total. The van der Waals surface area contributed by atoms with Gasteiger partial charge in [0.25, 0.3) is 5.60 Å². The Kier molecular flexibility index (Phi) is 3.33. The van der Waals surface area contributed by atoms with Gasteiger partial charge in [-0.2, -0.15) is 13.2 Å². The van der Waals surface area contributed by atoms with E-state index in [4.69, 9.17) is 9.84 Å². The number of alkyl halides is 3. The van der Waals surface area contributed by atoms with Gasteiger partial charge in [-0.25, -0.2) is 4.79 Å². The molecule has 2 N–H and O–H groups in total. The first-order chi connectivity index (χ1) is 7.73. The average molecular weight is 250 g/mol. The second-order valence-electron chi connectivity index (χ2n) is 3.24. The van der Waals surface area contributed by atoms with Crippen molar-refractivity contribution >= 4 is 5.97 Å². The molecule has 1 aromatic rings. The monoisotopic (exact) mass is 250 g/mol. The number of hydrogen-bond acceptors (Lipinski definition) is 3. The van der Waals surface area contributed by atoms with Gasteiger partial charge in [0.1, 0.15) is 5.75 Å². The van der Waals surface area contributed by atoms with E-state index in [1.807, 2.05) is 0 Å². The lowest BCUT2D eigenvalue weighted by Gasteiger charge is -2.26. The van der Waals surface area contributed by atoms with E-state index in [0.29, 0.717) is 0 Å². The Hall–Kier alpha value is -1.76. The van der Waals surface area contributed by atoms with Crippen LogP contribution in [-0.4, -0.2) is 29.5 Å². The standard InChI is InChI=1S/C10H9F3O4/c1-17-7-4-2-6(3-5-7)9(16,8(14)15)10(11,12)13/h2-5,16H,1H3,(H,14,15)/t9-/m1/s1. The first-order valence-electron chi connectivity index (χ1n) is 4.40. The van der Waals surface area contributed by atoms with Crippen molar-refractivity contribution in [1.29, 1.82) is 0 Å². The Morgan fingerprint density at radius 1 is 1.24 bits per heavy atom. The van der Waals surface area contributed by atoms with Gasteiger partial charge in [-0.3, -0.25) is 0 Å². The zero-order chi connectivity index (χ0) is 13.3. The van der Waals surface area contributed by atoms with E-state index in [2.05, 4.69) is 0 Å². The van der Waals surface area contributed by atoms with Crippen molar-refractivity contribution in [1.82, 2.24) is 0 Å². The zero-order valence-corrected chi connectivity index (χ0v) is 8.65. The number of rotatable bonds is 3. The largest absolute Gasteiger partial charge is 0.497 e. The molecule has 0 fully saturated rings. The van der Waals surface area contributed by atoms with Gasteiger partial charge < -0.3 is 14.9 Å². The van der Waals surface area contributed by atoms with Crippen LogP contribution in [0.4, 0.5) is 13.2 Å². The van der Waals surface area contributed by atoms with Gasteiger partial charge in [-0.05, 0) is 12.1 Å². The number of carboxylic acids is 1. The molecule has 0 unspecified atom stereocenters. The Balaban J connectivity index is 3.29. The van der Waals surface area contributed by atoms with Crippen molar-refractivity contribution in [2.45, 2.75) is 11.8 Å². The average Bonchev–Trinajstić information content (AvgIpc) is 2.26. The second kappa shape index (κ2) is 4.25. The van der Waals surface area contributed by atoms with E-state index < -0.39 is 23.3 Å². The number of aliphatic carboxylic acids is 1. The number of methoxy groups -OCH3 is 1. The van der Waals surface area contributed by atoms with Crippen LogP contribution in [0.3, 0.4) is 0 Å². The summed E-state index contributed by atoms with van der Waals surface area (Å²) in [5.74, 6) is -2.13. The van der Waals surface area contributed by atoms with E-state index in [-0.39, 0.29) is 5.75 Å². The molecule has 0 aliphatic heterocycles. The van der Waals surface area contributed by atoms with Crippen LogP contribution in [0.2, 0.25) is 0 Å². The van der Waals surface area contributed by atoms with Crippen LogP contribution < -0.4 is 4.74 Å². The molecule has 0 bridgehead atoms. The van der Waals surface area contributed by atoms with Crippen LogP contribution in [0.15, 0.2) is 24.3 Å². The molecule has 94 valence electrons. The molecular formula is C10H9F3O4. The molecule has 0 aromatic heterocycles. The summed E-state index contributed by atoms with van der Waals surface area (Å²) in [5.41, 5.74) is -4.70. The number of benzene rings is 1. The molecule has 0 saturated carbocycles. The predicted octanol–water partition coefficient (Wildman–Crippen LogP) is 1.53. The number of carbonyl (C=O) groups is 1. The highest BCUT2D eigenvalue weighted by atomic mass is 19.4. The van der Waals surface area contributed by atoms with Crippen LogP contribution in [0.1, 0.15) is 5.56 Å². The molecule has 7 heteroatoms. The molecule has 1 atom stereocenters. The summed E-state index contributed by atoms with van der Waals surface area (Å²) in [6.45, 7) is 0.